The van der Waals surface area contributed by atoms with Gasteiger partial charge in [0.1, 0.15) is 41.7 Å². The first-order chi connectivity index (χ1) is 14.2. The number of phenolic OH excluding ortho intramolecular Hbond substituents is 3. The van der Waals surface area contributed by atoms with Gasteiger partial charge in [-0.25, -0.2) is 0 Å². The van der Waals surface area contributed by atoms with Gasteiger partial charge in [0.2, 0.25) is 6.29 Å². The Morgan fingerprint density at radius 1 is 0.833 bits per heavy atom. The van der Waals surface area contributed by atoms with Gasteiger partial charge in [0.25, 0.3) is 0 Å². The van der Waals surface area contributed by atoms with E-state index in [9.17, 15) is 35.7 Å². The van der Waals surface area contributed by atoms with E-state index >= 15 is 0 Å². The molecule has 30 heavy (non-hydrogen) atoms. The van der Waals surface area contributed by atoms with Crippen LogP contribution < -0.4 is 9.47 Å². The van der Waals surface area contributed by atoms with Gasteiger partial charge in [-0.15, -0.1) is 0 Å². The highest BCUT2D eigenvalue weighted by Crippen LogP contribution is 2.43. The molecular formula is C20H22O10. The minimum Gasteiger partial charge on any atom is -0.507 e. The molecule has 0 bridgehead atoms. The number of aliphatic hydroxyl groups excluding tert-OH is 4. The van der Waals surface area contributed by atoms with E-state index in [2.05, 4.69) is 0 Å². The number of aliphatic hydroxyl groups is 4. The monoisotopic (exact) mass is 422 g/mol. The average Bonchev–Trinajstić information content (AvgIpc) is 2.71. The van der Waals surface area contributed by atoms with Crippen LogP contribution in [0.25, 0.3) is 0 Å². The van der Waals surface area contributed by atoms with Gasteiger partial charge >= 0.3 is 0 Å². The van der Waals surface area contributed by atoms with E-state index in [0.717, 1.165) is 0 Å². The maximum atomic E-state index is 10.5. The first-order valence-electron chi connectivity index (χ1n) is 9.29. The number of aromatic hydroxyl groups is 3. The second-order valence-electron chi connectivity index (χ2n) is 7.35. The summed E-state index contributed by atoms with van der Waals surface area (Å²) in [4.78, 5) is 0. The number of phenols is 3. The van der Waals surface area contributed by atoms with Crippen LogP contribution in [0.4, 0.5) is 0 Å². The van der Waals surface area contributed by atoms with Crippen molar-refractivity contribution >= 4 is 0 Å². The SMILES string of the molecule is Oc1ccc([C@@H]2Oc3cc(O[C@@H]4OC[C@@H](O)[C@H](O)[C@H]4O)cc(O)c3C[C@@H]2O)cc1O. The van der Waals surface area contributed by atoms with Gasteiger partial charge in [-0.3, -0.25) is 0 Å². The number of ether oxygens (including phenoxy) is 3. The average molecular weight is 422 g/mol. The van der Waals surface area contributed by atoms with Crippen molar-refractivity contribution in [2.45, 2.75) is 43.2 Å². The fraction of sp³-hybridized carbons (Fsp3) is 0.400. The summed E-state index contributed by atoms with van der Waals surface area (Å²) in [6.07, 6.45) is -7.34. The quantitative estimate of drug-likeness (QED) is 0.325. The van der Waals surface area contributed by atoms with Crippen LogP contribution in [0.1, 0.15) is 17.2 Å². The molecule has 2 heterocycles. The molecule has 10 heteroatoms. The van der Waals surface area contributed by atoms with Crippen LogP contribution >= 0.6 is 0 Å². The largest absolute Gasteiger partial charge is 0.507 e. The Morgan fingerprint density at radius 2 is 1.60 bits per heavy atom. The molecule has 4 rings (SSSR count). The zero-order valence-corrected chi connectivity index (χ0v) is 15.6. The van der Waals surface area contributed by atoms with E-state index in [1.54, 1.807) is 0 Å². The summed E-state index contributed by atoms with van der Waals surface area (Å²) in [6, 6.07) is 6.73. The molecular weight excluding hydrogens is 400 g/mol. The first kappa shape index (κ1) is 20.5. The molecule has 2 aliphatic rings. The molecule has 0 unspecified atom stereocenters. The van der Waals surface area contributed by atoms with Crippen LogP contribution in [-0.2, 0) is 11.2 Å². The Balaban J connectivity index is 1.58. The van der Waals surface area contributed by atoms with Crippen molar-refractivity contribution in [1.29, 1.82) is 0 Å². The fourth-order valence-electron chi connectivity index (χ4n) is 3.54. The first-order valence-corrected chi connectivity index (χ1v) is 9.29. The second-order valence-corrected chi connectivity index (χ2v) is 7.35. The predicted molar refractivity (Wildman–Crippen MR) is 99.3 cm³/mol. The minimum absolute atomic E-state index is 0.0568. The summed E-state index contributed by atoms with van der Waals surface area (Å²) in [5.74, 6) is -0.602. The van der Waals surface area contributed by atoms with E-state index < -0.39 is 36.8 Å². The Hall–Kier alpha value is -2.76. The zero-order chi connectivity index (χ0) is 21.6. The topological polar surface area (TPSA) is 169 Å². The van der Waals surface area contributed by atoms with Crippen LogP contribution in [0.3, 0.4) is 0 Å². The summed E-state index contributed by atoms with van der Waals surface area (Å²) in [7, 11) is 0. The van der Waals surface area contributed by atoms with Crippen molar-refractivity contribution in [2.24, 2.45) is 0 Å². The van der Waals surface area contributed by atoms with Gasteiger partial charge in [-0.05, 0) is 17.7 Å². The normalized spacial score (nSPS) is 30.9. The number of rotatable bonds is 3. The smallest absolute Gasteiger partial charge is 0.228 e. The van der Waals surface area contributed by atoms with Crippen LogP contribution in [0.5, 0.6) is 28.7 Å². The highest BCUT2D eigenvalue weighted by atomic mass is 16.7. The zero-order valence-electron chi connectivity index (χ0n) is 15.6. The van der Waals surface area contributed by atoms with E-state index in [-0.39, 0.29) is 41.8 Å². The van der Waals surface area contributed by atoms with Crippen LogP contribution in [0, 0.1) is 0 Å². The number of hydrogen-bond donors (Lipinski definition) is 7. The van der Waals surface area contributed by atoms with E-state index in [4.69, 9.17) is 14.2 Å². The third kappa shape index (κ3) is 3.71. The molecule has 2 aromatic rings. The van der Waals surface area contributed by atoms with Crippen molar-refractivity contribution in [2.75, 3.05) is 6.61 Å². The van der Waals surface area contributed by atoms with Crippen LogP contribution in [0.2, 0.25) is 0 Å². The molecule has 10 nitrogen and oxygen atoms in total. The Morgan fingerprint density at radius 3 is 2.33 bits per heavy atom. The van der Waals surface area contributed by atoms with Crippen LogP contribution in [-0.4, -0.2) is 73.1 Å². The lowest BCUT2D eigenvalue weighted by Crippen LogP contribution is -2.54. The molecule has 1 saturated heterocycles. The maximum absolute atomic E-state index is 10.5. The van der Waals surface area contributed by atoms with Crippen molar-refractivity contribution < 1.29 is 50.0 Å². The van der Waals surface area contributed by atoms with Crippen LogP contribution in [0.15, 0.2) is 30.3 Å². The Labute approximate surface area is 170 Å². The Kier molecular flexibility index (Phi) is 5.35. The fourth-order valence-corrected chi connectivity index (χ4v) is 3.54. The maximum Gasteiger partial charge on any atom is 0.228 e. The van der Waals surface area contributed by atoms with Gasteiger partial charge in [0, 0.05) is 24.1 Å². The Bertz CT molecular complexity index is 932. The molecule has 2 aromatic carbocycles. The molecule has 1 fully saturated rings. The molecule has 7 N–H and O–H groups in total. The molecule has 0 aromatic heterocycles. The molecule has 0 radical (unpaired) electrons. The van der Waals surface area contributed by atoms with Crippen molar-refractivity contribution in [3.05, 3.63) is 41.5 Å². The van der Waals surface area contributed by atoms with Gasteiger partial charge in [-0.2, -0.15) is 0 Å². The molecule has 0 spiro atoms. The van der Waals surface area contributed by atoms with Gasteiger partial charge in [0.05, 0.1) is 12.7 Å². The minimum atomic E-state index is -1.51. The molecule has 2 aliphatic heterocycles. The molecule has 0 aliphatic carbocycles. The summed E-state index contributed by atoms with van der Waals surface area (Å²) in [5, 5.41) is 69.3. The predicted octanol–water partition coefficient (Wildman–Crippen LogP) is -0.342. The van der Waals surface area contributed by atoms with E-state index in [1.807, 2.05) is 0 Å². The van der Waals surface area contributed by atoms with E-state index in [1.165, 1.54) is 30.3 Å². The second kappa shape index (κ2) is 7.82. The highest BCUT2D eigenvalue weighted by Gasteiger charge is 2.39. The van der Waals surface area contributed by atoms with Gasteiger partial charge in [0.15, 0.2) is 11.5 Å². The number of hydrogen-bond acceptors (Lipinski definition) is 10. The standard InChI is InChI=1S/C20H22O10/c21-11-2-1-8(3-13(11)23)19-14(24)6-10-12(22)4-9(5-16(10)30-19)29-20-18(27)17(26)15(25)7-28-20/h1-5,14-15,17-27H,6-7H2/t14-,15+,17-,18+,19-,20-/m0/s1. The third-order valence-electron chi connectivity index (χ3n) is 5.21. The molecule has 0 saturated carbocycles. The third-order valence-corrected chi connectivity index (χ3v) is 5.21. The lowest BCUT2D eigenvalue weighted by Gasteiger charge is -2.35. The summed E-state index contributed by atoms with van der Waals surface area (Å²) < 4.78 is 16.5. The summed E-state index contributed by atoms with van der Waals surface area (Å²) in [6.45, 7) is -0.241. The molecule has 6 atom stereocenters. The van der Waals surface area contributed by atoms with Crippen molar-refractivity contribution in [3.63, 3.8) is 0 Å². The lowest BCUT2D eigenvalue weighted by atomic mass is 9.94. The van der Waals surface area contributed by atoms with Gasteiger partial charge < -0.3 is 50.0 Å². The van der Waals surface area contributed by atoms with E-state index in [0.29, 0.717) is 11.1 Å². The molecule has 0 amide bonds. The number of fused-ring (bicyclic) bond motifs is 1. The summed E-state index contributed by atoms with van der Waals surface area (Å²) in [5.41, 5.74) is 0.757. The van der Waals surface area contributed by atoms with Crippen molar-refractivity contribution in [1.82, 2.24) is 0 Å². The highest BCUT2D eigenvalue weighted by molar-refractivity contribution is 5.52. The van der Waals surface area contributed by atoms with Gasteiger partial charge in [-0.1, -0.05) is 6.07 Å². The summed E-state index contributed by atoms with van der Waals surface area (Å²) >= 11 is 0. The van der Waals surface area contributed by atoms with Crippen molar-refractivity contribution in [3.8, 4) is 28.7 Å². The lowest BCUT2D eigenvalue weighted by molar-refractivity contribution is -0.242. The number of benzene rings is 2. The molecule has 162 valence electrons.